The number of hydrogen-bond donors (Lipinski definition) is 1. The molecule has 0 fully saturated rings. The van der Waals surface area contributed by atoms with Crippen molar-refractivity contribution in [3.05, 3.63) is 23.3 Å². The molecule has 0 saturated heterocycles. The molecular weight excluding hydrogens is 194 g/mol. The van der Waals surface area contributed by atoms with Crippen molar-refractivity contribution < 1.29 is 23.4 Å². The van der Waals surface area contributed by atoms with Crippen LogP contribution in [0.15, 0.2) is 12.1 Å². The number of rotatable bonds is 2. The highest BCUT2D eigenvalue weighted by atomic mass is 19.3. The van der Waals surface area contributed by atoms with Gasteiger partial charge >= 0.3 is 0 Å². The summed E-state index contributed by atoms with van der Waals surface area (Å²) in [4.78, 5) is 0. The highest BCUT2D eigenvalue weighted by Gasteiger charge is 2.20. The van der Waals surface area contributed by atoms with Gasteiger partial charge in [-0.25, -0.2) is 8.78 Å². The van der Waals surface area contributed by atoms with E-state index < -0.39 is 13.0 Å². The number of aliphatic hydroxyl groups excluding tert-OH is 1. The van der Waals surface area contributed by atoms with Crippen molar-refractivity contribution in [1.82, 2.24) is 0 Å². The minimum absolute atomic E-state index is 0.0346. The van der Waals surface area contributed by atoms with Crippen molar-refractivity contribution in [3.8, 4) is 11.5 Å². The van der Waals surface area contributed by atoms with E-state index in [0.29, 0.717) is 11.5 Å². The molecule has 76 valence electrons. The fourth-order valence-electron chi connectivity index (χ4n) is 1.34. The molecule has 0 unspecified atom stereocenters. The van der Waals surface area contributed by atoms with E-state index in [9.17, 15) is 8.78 Å². The molecule has 5 heteroatoms. The molecule has 0 aliphatic carbocycles. The van der Waals surface area contributed by atoms with E-state index in [1.165, 1.54) is 12.1 Å². The summed E-state index contributed by atoms with van der Waals surface area (Å²) >= 11 is 0. The predicted octanol–water partition coefficient (Wildman–Crippen LogP) is 1.85. The lowest BCUT2D eigenvalue weighted by atomic mass is 10.1. The second kappa shape index (κ2) is 3.42. The summed E-state index contributed by atoms with van der Waals surface area (Å²) in [7, 11) is 0. The maximum Gasteiger partial charge on any atom is 0.264 e. The first-order chi connectivity index (χ1) is 6.72. The van der Waals surface area contributed by atoms with Crippen molar-refractivity contribution in [3.63, 3.8) is 0 Å². The van der Waals surface area contributed by atoms with Crippen molar-refractivity contribution in [2.75, 3.05) is 6.79 Å². The Balaban J connectivity index is 2.49. The maximum absolute atomic E-state index is 12.5. The van der Waals surface area contributed by atoms with Crippen LogP contribution in [0.25, 0.3) is 0 Å². The molecule has 1 heterocycles. The van der Waals surface area contributed by atoms with Gasteiger partial charge in [0.1, 0.15) is 0 Å². The van der Waals surface area contributed by atoms with Crippen LogP contribution in [0.5, 0.6) is 11.5 Å². The van der Waals surface area contributed by atoms with Crippen LogP contribution in [-0.2, 0) is 6.61 Å². The number of aliphatic hydroxyl groups is 1. The molecular formula is C9H8F2O3. The Bertz CT molecular complexity index is 352. The molecule has 0 atom stereocenters. The lowest BCUT2D eigenvalue weighted by molar-refractivity contribution is 0.146. The first-order valence-corrected chi connectivity index (χ1v) is 4.04. The third kappa shape index (κ3) is 1.39. The minimum Gasteiger partial charge on any atom is -0.454 e. The summed E-state index contributed by atoms with van der Waals surface area (Å²) in [5.74, 6) is 0.705. The number of fused-ring (bicyclic) bond motifs is 1. The Morgan fingerprint density at radius 1 is 1.29 bits per heavy atom. The maximum atomic E-state index is 12.5. The molecule has 0 spiro atoms. The lowest BCUT2D eigenvalue weighted by Gasteiger charge is -2.07. The van der Waals surface area contributed by atoms with Crippen molar-refractivity contribution >= 4 is 0 Å². The van der Waals surface area contributed by atoms with Gasteiger partial charge in [0.25, 0.3) is 6.43 Å². The lowest BCUT2D eigenvalue weighted by Crippen LogP contribution is -1.94. The summed E-state index contributed by atoms with van der Waals surface area (Å²) in [6.45, 7) is -0.400. The fourth-order valence-corrected chi connectivity index (χ4v) is 1.34. The third-order valence-corrected chi connectivity index (χ3v) is 2.04. The average molecular weight is 202 g/mol. The third-order valence-electron chi connectivity index (χ3n) is 2.04. The summed E-state index contributed by atoms with van der Waals surface area (Å²) in [6, 6.07) is 2.59. The van der Waals surface area contributed by atoms with Gasteiger partial charge in [0, 0.05) is 5.56 Å². The van der Waals surface area contributed by atoms with E-state index in [1.54, 1.807) is 0 Å². The summed E-state index contributed by atoms with van der Waals surface area (Å²) in [6.07, 6.45) is -2.62. The molecule has 1 N–H and O–H groups in total. The molecule has 3 nitrogen and oxygen atoms in total. The van der Waals surface area contributed by atoms with Gasteiger partial charge in [-0.1, -0.05) is 0 Å². The second-order valence-corrected chi connectivity index (χ2v) is 2.86. The Morgan fingerprint density at radius 2 is 1.93 bits per heavy atom. The zero-order valence-corrected chi connectivity index (χ0v) is 7.17. The van der Waals surface area contributed by atoms with Gasteiger partial charge in [-0.2, -0.15) is 0 Å². The monoisotopic (exact) mass is 202 g/mol. The smallest absolute Gasteiger partial charge is 0.264 e. The van der Waals surface area contributed by atoms with Crippen LogP contribution < -0.4 is 9.47 Å². The van der Waals surface area contributed by atoms with Crippen LogP contribution in [-0.4, -0.2) is 11.9 Å². The number of benzene rings is 1. The molecule has 1 aliphatic rings. The van der Waals surface area contributed by atoms with Gasteiger partial charge in [0.05, 0.1) is 6.61 Å². The van der Waals surface area contributed by atoms with E-state index in [2.05, 4.69) is 0 Å². The molecule has 1 aromatic rings. The quantitative estimate of drug-likeness (QED) is 0.795. The number of hydrogen-bond acceptors (Lipinski definition) is 3. The van der Waals surface area contributed by atoms with E-state index in [4.69, 9.17) is 14.6 Å². The van der Waals surface area contributed by atoms with Crippen LogP contribution in [0.3, 0.4) is 0 Å². The number of ether oxygens (including phenoxy) is 2. The van der Waals surface area contributed by atoms with Crippen molar-refractivity contribution in [2.45, 2.75) is 13.0 Å². The van der Waals surface area contributed by atoms with Gasteiger partial charge in [-0.05, 0) is 17.7 Å². The van der Waals surface area contributed by atoms with E-state index in [0.717, 1.165) is 0 Å². The van der Waals surface area contributed by atoms with Crippen LogP contribution in [0.2, 0.25) is 0 Å². The van der Waals surface area contributed by atoms with Gasteiger partial charge < -0.3 is 14.6 Å². The van der Waals surface area contributed by atoms with E-state index in [-0.39, 0.29) is 17.9 Å². The molecule has 1 aromatic carbocycles. The summed E-state index contributed by atoms with van der Waals surface area (Å²) in [5, 5.41) is 8.87. The zero-order valence-electron chi connectivity index (χ0n) is 7.17. The Morgan fingerprint density at radius 3 is 2.50 bits per heavy atom. The van der Waals surface area contributed by atoms with Gasteiger partial charge in [0.2, 0.25) is 6.79 Å². The summed E-state index contributed by atoms with van der Waals surface area (Å²) in [5.41, 5.74) is -0.0407. The Labute approximate surface area is 78.9 Å². The molecule has 2 rings (SSSR count). The molecule has 0 saturated carbocycles. The minimum atomic E-state index is -2.62. The molecule has 14 heavy (non-hydrogen) atoms. The van der Waals surface area contributed by atoms with Crippen molar-refractivity contribution in [1.29, 1.82) is 0 Å². The van der Waals surface area contributed by atoms with Gasteiger partial charge in [0.15, 0.2) is 11.5 Å². The van der Waals surface area contributed by atoms with Crippen LogP contribution in [0.4, 0.5) is 8.78 Å². The van der Waals surface area contributed by atoms with E-state index >= 15 is 0 Å². The summed E-state index contributed by atoms with van der Waals surface area (Å²) < 4.78 is 34.9. The largest absolute Gasteiger partial charge is 0.454 e. The average Bonchev–Trinajstić information content (AvgIpc) is 2.62. The first kappa shape index (κ1) is 9.21. The predicted molar refractivity (Wildman–Crippen MR) is 43.4 cm³/mol. The van der Waals surface area contributed by atoms with Crippen LogP contribution in [0.1, 0.15) is 17.6 Å². The number of halogens is 2. The Kier molecular flexibility index (Phi) is 2.25. The second-order valence-electron chi connectivity index (χ2n) is 2.86. The topological polar surface area (TPSA) is 38.7 Å². The van der Waals surface area contributed by atoms with Crippen LogP contribution in [0, 0.1) is 0 Å². The highest BCUT2D eigenvalue weighted by molar-refractivity contribution is 5.48. The first-order valence-electron chi connectivity index (χ1n) is 4.04. The van der Waals surface area contributed by atoms with Gasteiger partial charge in [-0.3, -0.25) is 0 Å². The SMILES string of the molecule is OCc1cc2c(cc1C(F)F)OCO2. The fraction of sp³-hybridized carbons (Fsp3) is 0.333. The molecule has 0 amide bonds. The molecule has 1 aliphatic heterocycles. The van der Waals surface area contributed by atoms with E-state index in [1.807, 2.05) is 0 Å². The van der Waals surface area contributed by atoms with Gasteiger partial charge in [-0.15, -0.1) is 0 Å². The van der Waals surface area contributed by atoms with Crippen LogP contribution >= 0.6 is 0 Å². The standard InChI is InChI=1S/C9H8F2O3/c10-9(11)6-2-8-7(13-4-14-8)1-5(6)3-12/h1-2,9,12H,3-4H2. The molecule has 0 aromatic heterocycles. The molecule has 0 radical (unpaired) electrons. The van der Waals surface area contributed by atoms with Crippen molar-refractivity contribution in [2.24, 2.45) is 0 Å². The molecule has 0 bridgehead atoms. The normalized spacial score (nSPS) is 13.7. The Hall–Kier alpha value is -1.36. The number of alkyl halides is 2. The zero-order chi connectivity index (χ0) is 10.1. The highest BCUT2D eigenvalue weighted by Crippen LogP contribution is 2.37.